The lowest BCUT2D eigenvalue weighted by Crippen LogP contribution is -2.37. The minimum atomic E-state index is -0.805. The zero-order chi connectivity index (χ0) is 12.2. The second-order valence-corrected chi connectivity index (χ2v) is 4.76. The van der Waals surface area contributed by atoms with E-state index >= 15 is 0 Å². The zero-order valence-corrected chi connectivity index (χ0v) is 9.78. The molecule has 5 nitrogen and oxygen atoms in total. The van der Waals surface area contributed by atoms with Gasteiger partial charge in [-0.25, -0.2) is 4.79 Å². The SMILES string of the molecule is COC(=O)NCC1(CC(=O)O)CCC(C)C1. The molecule has 16 heavy (non-hydrogen) atoms. The molecule has 2 unspecified atom stereocenters. The molecule has 0 aliphatic heterocycles. The Bertz CT molecular complexity index is 279. The fourth-order valence-corrected chi connectivity index (χ4v) is 2.53. The van der Waals surface area contributed by atoms with Crippen molar-refractivity contribution in [3.05, 3.63) is 0 Å². The standard InChI is InChI=1S/C11H19NO4/c1-8-3-4-11(5-8,6-9(13)14)7-12-10(15)16-2/h8H,3-7H2,1-2H3,(H,12,15)(H,13,14). The number of aliphatic carboxylic acids is 1. The predicted molar refractivity (Wildman–Crippen MR) is 58.1 cm³/mol. The van der Waals surface area contributed by atoms with Crippen molar-refractivity contribution in [3.8, 4) is 0 Å². The van der Waals surface area contributed by atoms with Gasteiger partial charge in [0.2, 0.25) is 0 Å². The Morgan fingerprint density at radius 2 is 2.25 bits per heavy atom. The molecule has 0 bridgehead atoms. The molecule has 0 spiro atoms. The van der Waals surface area contributed by atoms with Gasteiger partial charge in [0.15, 0.2) is 0 Å². The molecule has 1 rings (SSSR count). The third-order valence-electron chi connectivity index (χ3n) is 3.27. The summed E-state index contributed by atoms with van der Waals surface area (Å²) in [6, 6.07) is 0. The lowest BCUT2D eigenvalue weighted by atomic mass is 9.82. The number of alkyl carbamates (subject to hydrolysis) is 1. The van der Waals surface area contributed by atoms with Crippen LogP contribution in [0.4, 0.5) is 4.79 Å². The maximum atomic E-state index is 11.0. The van der Waals surface area contributed by atoms with Gasteiger partial charge in [0, 0.05) is 6.54 Å². The molecule has 0 saturated heterocycles. The zero-order valence-electron chi connectivity index (χ0n) is 9.78. The van der Waals surface area contributed by atoms with E-state index in [-0.39, 0.29) is 11.8 Å². The van der Waals surface area contributed by atoms with Gasteiger partial charge in [0.1, 0.15) is 0 Å². The van der Waals surface area contributed by atoms with Gasteiger partial charge in [-0.3, -0.25) is 4.79 Å². The van der Waals surface area contributed by atoms with Crippen molar-refractivity contribution >= 4 is 12.1 Å². The summed E-state index contributed by atoms with van der Waals surface area (Å²) in [5.74, 6) is -0.278. The van der Waals surface area contributed by atoms with Crippen LogP contribution in [0, 0.1) is 11.3 Å². The summed E-state index contributed by atoms with van der Waals surface area (Å²) >= 11 is 0. The molecule has 0 radical (unpaired) electrons. The number of hydrogen-bond donors (Lipinski definition) is 2. The van der Waals surface area contributed by atoms with Gasteiger partial charge in [-0.05, 0) is 24.2 Å². The maximum absolute atomic E-state index is 11.0. The molecule has 0 heterocycles. The third-order valence-corrected chi connectivity index (χ3v) is 3.27. The molecule has 1 aliphatic rings. The second-order valence-electron chi connectivity index (χ2n) is 4.76. The van der Waals surface area contributed by atoms with Crippen LogP contribution in [0.5, 0.6) is 0 Å². The maximum Gasteiger partial charge on any atom is 0.406 e. The van der Waals surface area contributed by atoms with E-state index in [1.54, 1.807) is 0 Å². The second kappa shape index (κ2) is 5.18. The average Bonchev–Trinajstić information content (AvgIpc) is 2.56. The van der Waals surface area contributed by atoms with Crippen LogP contribution >= 0.6 is 0 Å². The van der Waals surface area contributed by atoms with Gasteiger partial charge < -0.3 is 15.2 Å². The van der Waals surface area contributed by atoms with Gasteiger partial charge in [0.05, 0.1) is 13.5 Å². The van der Waals surface area contributed by atoms with E-state index in [0.717, 1.165) is 19.3 Å². The van der Waals surface area contributed by atoms with E-state index in [9.17, 15) is 9.59 Å². The number of nitrogens with one attached hydrogen (secondary N) is 1. The molecule has 92 valence electrons. The first-order chi connectivity index (χ1) is 7.47. The van der Waals surface area contributed by atoms with Gasteiger partial charge in [-0.1, -0.05) is 13.3 Å². The molecule has 0 aromatic carbocycles. The van der Waals surface area contributed by atoms with Crippen LogP contribution < -0.4 is 5.32 Å². The largest absolute Gasteiger partial charge is 0.481 e. The van der Waals surface area contributed by atoms with E-state index in [4.69, 9.17) is 5.11 Å². The topological polar surface area (TPSA) is 75.6 Å². The van der Waals surface area contributed by atoms with Gasteiger partial charge in [-0.2, -0.15) is 0 Å². The molecule has 1 saturated carbocycles. The summed E-state index contributed by atoms with van der Waals surface area (Å²) in [4.78, 5) is 21.8. The highest BCUT2D eigenvalue weighted by molar-refractivity contribution is 5.69. The average molecular weight is 229 g/mol. The molecule has 1 fully saturated rings. The summed E-state index contributed by atoms with van der Waals surface area (Å²) in [5, 5.41) is 11.5. The highest BCUT2D eigenvalue weighted by Gasteiger charge is 2.39. The third kappa shape index (κ3) is 3.40. The Kier molecular flexibility index (Phi) is 4.15. The van der Waals surface area contributed by atoms with Crippen molar-refractivity contribution in [2.24, 2.45) is 11.3 Å². The Morgan fingerprint density at radius 3 is 2.69 bits per heavy atom. The lowest BCUT2D eigenvalue weighted by Gasteiger charge is -2.27. The molecular formula is C11H19NO4. The Labute approximate surface area is 95.2 Å². The van der Waals surface area contributed by atoms with E-state index in [1.165, 1.54) is 7.11 Å². The lowest BCUT2D eigenvalue weighted by molar-refractivity contribution is -0.139. The van der Waals surface area contributed by atoms with E-state index in [1.807, 2.05) is 0 Å². The molecule has 0 aromatic heterocycles. The van der Waals surface area contributed by atoms with Crippen LogP contribution in [0.1, 0.15) is 32.6 Å². The van der Waals surface area contributed by atoms with Gasteiger partial charge in [0.25, 0.3) is 0 Å². The van der Waals surface area contributed by atoms with Crippen molar-refractivity contribution in [1.29, 1.82) is 0 Å². The number of carbonyl (C=O) groups is 2. The van der Waals surface area contributed by atoms with Crippen LogP contribution in [-0.2, 0) is 9.53 Å². The summed E-state index contributed by atoms with van der Waals surface area (Å²) in [6.07, 6.45) is 2.34. The minimum Gasteiger partial charge on any atom is -0.481 e. The van der Waals surface area contributed by atoms with E-state index in [2.05, 4.69) is 17.0 Å². The number of rotatable bonds is 4. The molecular weight excluding hydrogens is 210 g/mol. The van der Waals surface area contributed by atoms with Gasteiger partial charge >= 0.3 is 12.1 Å². The van der Waals surface area contributed by atoms with Crippen molar-refractivity contribution in [2.45, 2.75) is 32.6 Å². The highest BCUT2D eigenvalue weighted by atomic mass is 16.5. The van der Waals surface area contributed by atoms with E-state index < -0.39 is 12.1 Å². The normalized spacial score (nSPS) is 28.8. The number of hydrogen-bond acceptors (Lipinski definition) is 3. The predicted octanol–water partition coefficient (Wildman–Crippen LogP) is 1.62. The number of carbonyl (C=O) groups excluding carboxylic acids is 1. The Balaban J connectivity index is 2.57. The molecule has 1 amide bonds. The first-order valence-electron chi connectivity index (χ1n) is 5.51. The van der Waals surface area contributed by atoms with E-state index in [0.29, 0.717) is 12.5 Å². The monoisotopic (exact) mass is 229 g/mol. The summed E-state index contributed by atoms with van der Waals surface area (Å²) in [5.41, 5.74) is -0.292. The fraction of sp³-hybridized carbons (Fsp3) is 0.818. The molecule has 2 N–H and O–H groups in total. The number of carboxylic acid groups (broad SMARTS) is 1. The molecule has 0 aromatic rings. The van der Waals surface area contributed by atoms with Crippen LogP contribution in [-0.4, -0.2) is 30.8 Å². The highest BCUT2D eigenvalue weighted by Crippen LogP contribution is 2.43. The summed E-state index contributed by atoms with van der Waals surface area (Å²) in [6.45, 7) is 2.50. The summed E-state index contributed by atoms with van der Waals surface area (Å²) < 4.78 is 4.49. The quantitative estimate of drug-likeness (QED) is 0.768. The van der Waals surface area contributed by atoms with Crippen LogP contribution in [0.25, 0.3) is 0 Å². The number of methoxy groups -OCH3 is 1. The minimum absolute atomic E-state index is 0.112. The summed E-state index contributed by atoms with van der Waals surface area (Å²) in [7, 11) is 1.30. The van der Waals surface area contributed by atoms with Crippen molar-refractivity contribution in [3.63, 3.8) is 0 Å². The first kappa shape index (κ1) is 12.8. The van der Waals surface area contributed by atoms with Gasteiger partial charge in [-0.15, -0.1) is 0 Å². The molecule has 5 heteroatoms. The first-order valence-corrected chi connectivity index (χ1v) is 5.51. The number of carboxylic acids is 1. The number of ether oxygens (including phenoxy) is 1. The molecule has 2 atom stereocenters. The number of amides is 1. The van der Waals surface area contributed by atoms with Crippen molar-refractivity contribution < 1.29 is 19.4 Å². The molecule has 1 aliphatic carbocycles. The Morgan fingerprint density at radius 1 is 1.56 bits per heavy atom. The smallest absolute Gasteiger partial charge is 0.406 e. The van der Waals surface area contributed by atoms with Crippen molar-refractivity contribution in [1.82, 2.24) is 5.32 Å². The Hall–Kier alpha value is -1.26. The fourth-order valence-electron chi connectivity index (χ4n) is 2.53. The van der Waals surface area contributed by atoms with Crippen molar-refractivity contribution in [2.75, 3.05) is 13.7 Å². The van der Waals surface area contributed by atoms with Crippen LogP contribution in [0.3, 0.4) is 0 Å². The van der Waals surface area contributed by atoms with Crippen LogP contribution in [0.15, 0.2) is 0 Å². The van der Waals surface area contributed by atoms with Crippen LogP contribution in [0.2, 0.25) is 0 Å².